The molecule has 12 heteroatoms. The van der Waals surface area contributed by atoms with Crippen LogP contribution in [0.3, 0.4) is 0 Å². The highest BCUT2D eigenvalue weighted by molar-refractivity contribution is 7.92. The highest BCUT2D eigenvalue weighted by atomic mass is 35.5. The molecule has 0 aliphatic heterocycles. The van der Waals surface area contributed by atoms with E-state index in [9.17, 15) is 8.42 Å². The zero-order valence-electron chi connectivity index (χ0n) is 17.4. The van der Waals surface area contributed by atoms with Crippen molar-refractivity contribution in [3.8, 4) is 0 Å². The van der Waals surface area contributed by atoms with E-state index < -0.39 is 10.0 Å². The molecule has 0 saturated carbocycles. The minimum absolute atomic E-state index is 0. The molecule has 0 atom stereocenters. The van der Waals surface area contributed by atoms with Gasteiger partial charge < -0.3 is 23.5 Å². The Morgan fingerprint density at radius 1 is 0.871 bits per heavy atom. The molecular weight excluding hydrogens is 440 g/mol. The van der Waals surface area contributed by atoms with Crippen molar-refractivity contribution < 1.29 is 20.8 Å². The molecule has 0 aliphatic carbocycles. The summed E-state index contributed by atoms with van der Waals surface area (Å²) >= 11 is 0. The fourth-order valence-electron chi connectivity index (χ4n) is 2.71. The first-order chi connectivity index (χ1) is 14.1. The maximum absolute atomic E-state index is 12.6. The number of hydrogen-bond acceptors (Lipinski definition) is 7. The van der Waals surface area contributed by atoms with Crippen LogP contribution in [0.2, 0.25) is 0 Å². The first-order valence-corrected chi connectivity index (χ1v) is 10.5. The van der Waals surface area contributed by atoms with Crippen LogP contribution in [-0.2, 0) is 10.0 Å². The van der Waals surface area contributed by atoms with Gasteiger partial charge in [-0.15, -0.1) is 0 Å². The Morgan fingerprint density at radius 3 is 1.87 bits per heavy atom. The molecule has 0 unspecified atom stereocenters. The second-order valence-corrected chi connectivity index (χ2v) is 8.36. The lowest BCUT2D eigenvalue weighted by Gasteiger charge is -2.09. The van der Waals surface area contributed by atoms with Crippen LogP contribution in [0.1, 0.15) is 22.8 Å². The molecule has 2 heterocycles. The predicted molar refractivity (Wildman–Crippen MR) is 115 cm³/mol. The molecule has 4 N–H and O–H groups in total. The summed E-state index contributed by atoms with van der Waals surface area (Å²) in [6.45, 7) is 7.21. The lowest BCUT2D eigenvalue weighted by atomic mass is 10.3. The van der Waals surface area contributed by atoms with Gasteiger partial charge in [0.15, 0.2) is 0 Å². The summed E-state index contributed by atoms with van der Waals surface area (Å²) in [5.74, 6) is 0.353. The number of anilines is 2. The Labute approximate surface area is 186 Å². The maximum Gasteiger partial charge on any atom is 0.264 e. The zero-order chi connectivity index (χ0) is 21.9. The zero-order valence-corrected chi connectivity index (χ0v) is 19.0. The van der Waals surface area contributed by atoms with E-state index >= 15 is 0 Å². The van der Waals surface area contributed by atoms with Gasteiger partial charge in [-0.3, -0.25) is 0 Å². The normalized spacial score (nSPS) is 11.5. The van der Waals surface area contributed by atoms with Crippen LogP contribution in [0.15, 0.2) is 46.3 Å². The summed E-state index contributed by atoms with van der Waals surface area (Å²) in [7, 11) is -3.83. The monoisotopic (exact) mass is 461 g/mol. The van der Waals surface area contributed by atoms with E-state index in [1.165, 1.54) is 12.1 Å². The Bertz CT molecular complexity index is 1170. The number of nitrogens with zero attached hydrogens (tertiary/aromatic N) is 5. The van der Waals surface area contributed by atoms with Crippen molar-refractivity contribution >= 4 is 33.6 Å². The van der Waals surface area contributed by atoms with E-state index in [2.05, 4.69) is 35.0 Å². The number of rotatable bonds is 5. The van der Waals surface area contributed by atoms with Crippen molar-refractivity contribution in [1.82, 2.24) is 19.9 Å². The molecule has 0 radical (unpaired) electrons. The van der Waals surface area contributed by atoms with Crippen LogP contribution in [0, 0.1) is 27.7 Å². The van der Waals surface area contributed by atoms with E-state index in [0.29, 0.717) is 17.1 Å². The molecule has 164 valence electrons. The summed E-state index contributed by atoms with van der Waals surface area (Å²) in [6.07, 6.45) is 0. The lowest BCUT2D eigenvalue weighted by molar-refractivity contribution is -0.00000959. The van der Waals surface area contributed by atoms with Crippen molar-refractivity contribution in [3.05, 3.63) is 59.2 Å². The van der Waals surface area contributed by atoms with E-state index in [1.54, 1.807) is 32.0 Å². The van der Waals surface area contributed by atoms with Gasteiger partial charge in [-0.25, -0.2) is 33.1 Å². The molecule has 0 fully saturated rings. The van der Waals surface area contributed by atoms with Crippen LogP contribution in [-0.4, -0.2) is 34.3 Å². The van der Waals surface area contributed by atoms with E-state index in [1.807, 2.05) is 19.9 Å². The molecule has 3 aromatic rings. The molecule has 1 aromatic carbocycles. The highest BCUT2D eigenvalue weighted by Crippen LogP contribution is 2.17. The van der Waals surface area contributed by atoms with Gasteiger partial charge in [-0.05, 0) is 64.1 Å². The molecular formula is C19H22ClN8O2S-. The van der Waals surface area contributed by atoms with E-state index in [0.717, 1.165) is 11.4 Å². The predicted octanol–water partition coefficient (Wildman–Crippen LogP) is -0.637. The molecule has 0 aliphatic rings. The first-order valence-electron chi connectivity index (χ1n) is 8.99. The van der Waals surface area contributed by atoms with E-state index in [4.69, 9.17) is 5.73 Å². The van der Waals surface area contributed by atoms with Gasteiger partial charge in [-0.2, -0.15) is 4.99 Å². The summed E-state index contributed by atoms with van der Waals surface area (Å²) < 4.78 is 27.6. The van der Waals surface area contributed by atoms with Gasteiger partial charge >= 0.3 is 0 Å². The standard InChI is InChI=1S/C19H22N8O2S.ClH/c1-11-9-12(2)22-18(21-11)26-17(20)25-15-5-7-16(8-6-15)30(28,29)27-19-23-13(3)10-14(4)24-19;/h5-10H,1-4H3,(H,23,24,27)(H3,20,21,22,25,26);1H/p-1. The van der Waals surface area contributed by atoms with Crippen molar-refractivity contribution in [1.29, 1.82) is 0 Å². The van der Waals surface area contributed by atoms with Gasteiger partial charge in [0.2, 0.25) is 11.9 Å². The number of nitrogens with two attached hydrogens (primary N) is 1. The Morgan fingerprint density at radius 2 is 1.35 bits per heavy atom. The number of nitrogens with one attached hydrogen (secondary N) is 2. The smallest absolute Gasteiger partial charge is 0.264 e. The van der Waals surface area contributed by atoms with Crippen molar-refractivity contribution in [2.45, 2.75) is 32.6 Å². The highest BCUT2D eigenvalue weighted by Gasteiger charge is 2.16. The van der Waals surface area contributed by atoms with Crippen LogP contribution in [0.4, 0.5) is 17.6 Å². The fourth-order valence-corrected chi connectivity index (χ4v) is 3.65. The topological polar surface area (TPSA) is 148 Å². The minimum atomic E-state index is -3.83. The Kier molecular flexibility index (Phi) is 7.47. The summed E-state index contributed by atoms with van der Waals surface area (Å²) in [6, 6.07) is 9.61. The van der Waals surface area contributed by atoms with Crippen LogP contribution < -0.4 is 28.2 Å². The second-order valence-electron chi connectivity index (χ2n) is 6.68. The van der Waals surface area contributed by atoms with Gasteiger partial charge in [-0.1, -0.05) is 0 Å². The molecule has 2 aromatic heterocycles. The number of hydrogen-bond donors (Lipinski definition) is 3. The van der Waals surface area contributed by atoms with Crippen LogP contribution >= 0.6 is 0 Å². The molecule has 0 spiro atoms. The van der Waals surface area contributed by atoms with Gasteiger partial charge in [0.05, 0.1) is 4.90 Å². The van der Waals surface area contributed by atoms with Crippen LogP contribution in [0.5, 0.6) is 0 Å². The van der Waals surface area contributed by atoms with Gasteiger partial charge in [0.1, 0.15) is 0 Å². The minimum Gasteiger partial charge on any atom is -1.00 e. The van der Waals surface area contributed by atoms with Crippen molar-refractivity contribution in [3.63, 3.8) is 0 Å². The first kappa shape index (κ1) is 24.0. The number of aryl methyl sites for hydroxylation is 4. The molecule has 10 nitrogen and oxygen atoms in total. The van der Waals surface area contributed by atoms with Gasteiger partial charge in [0, 0.05) is 28.5 Å². The number of aliphatic imine (C=N–C) groups is 1. The lowest BCUT2D eigenvalue weighted by Crippen LogP contribution is -3.00. The summed E-state index contributed by atoms with van der Waals surface area (Å²) in [5.41, 5.74) is 9.36. The molecule has 0 saturated heterocycles. The quantitative estimate of drug-likeness (QED) is 0.335. The van der Waals surface area contributed by atoms with Crippen LogP contribution in [0.25, 0.3) is 0 Å². The van der Waals surface area contributed by atoms with Crippen molar-refractivity contribution in [2.75, 3.05) is 10.0 Å². The summed E-state index contributed by atoms with van der Waals surface area (Å²) in [5, 5.41) is 2.88. The molecule has 31 heavy (non-hydrogen) atoms. The van der Waals surface area contributed by atoms with E-state index in [-0.39, 0.29) is 35.2 Å². The molecule has 3 rings (SSSR count). The number of sulfonamides is 1. The number of guanidine groups is 1. The third-order valence-corrected chi connectivity index (χ3v) is 5.18. The average Bonchev–Trinajstić information content (AvgIpc) is 2.59. The fraction of sp³-hybridized carbons (Fsp3) is 0.211. The van der Waals surface area contributed by atoms with Crippen molar-refractivity contribution in [2.24, 2.45) is 10.7 Å². The Hall–Kier alpha value is -3.31. The number of halogens is 1. The van der Waals surface area contributed by atoms with Gasteiger partial charge in [0.25, 0.3) is 16.0 Å². The maximum atomic E-state index is 12.6. The SMILES string of the molecule is Cc1cc(C)nc(/N=C(\N)Nc2ccc(S(=O)(=O)Nc3nc(C)cc(C)n3)cc2)n1.[Cl-]. The third kappa shape index (κ3) is 6.59. The third-order valence-electron chi connectivity index (χ3n) is 3.84. The number of benzene rings is 1. The molecule has 0 bridgehead atoms. The summed E-state index contributed by atoms with van der Waals surface area (Å²) in [4.78, 5) is 20.8. The Balaban J connectivity index is 0.00000341. The molecule has 0 amide bonds. The second kappa shape index (κ2) is 9.67. The number of aromatic nitrogens is 4. The largest absolute Gasteiger partial charge is 1.00 e. The average molecular weight is 462 g/mol.